The van der Waals surface area contributed by atoms with Gasteiger partial charge in [0.2, 0.25) is 10.0 Å². The smallest absolute Gasteiger partial charge is 0.261 e. The molecule has 0 bridgehead atoms. The molecule has 0 saturated carbocycles. The maximum Gasteiger partial charge on any atom is 0.261 e. The van der Waals surface area contributed by atoms with Crippen LogP contribution in [0, 0.1) is 13.8 Å². The highest BCUT2D eigenvalue weighted by molar-refractivity contribution is 7.89. The molecule has 0 radical (unpaired) electrons. The Bertz CT molecular complexity index is 1160. The third kappa shape index (κ3) is 3.35. The Morgan fingerprint density at radius 3 is 2.76 bits per heavy atom. The number of nitrogens with one attached hydrogen (secondary N) is 1. The number of hydrogen-bond acceptors (Lipinski definition) is 7. The van der Waals surface area contributed by atoms with Gasteiger partial charge in [0, 0.05) is 30.4 Å². The lowest BCUT2D eigenvalue weighted by atomic mass is 10.0. The zero-order chi connectivity index (χ0) is 20.8. The Morgan fingerprint density at radius 1 is 1.31 bits per heavy atom. The number of sulfonamides is 1. The van der Waals surface area contributed by atoms with Gasteiger partial charge >= 0.3 is 0 Å². The number of nitrogens with zero attached hydrogens (tertiary/aromatic N) is 2. The van der Waals surface area contributed by atoms with E-state index < -0.39 is 16.1 Å². The van der Waals surface area contributed by atoms with E-state index in [0.29, 0.717) is 10.6 Å². The van der Waals surface area contributed by atoms with Crippen molar-refractivity contribution in [3.8, 4) is 0 Å². The van der Waals surface area contributed by atoms with E-state index in [4.69, 9.17) is 9.26 Å². The second kappa shape index (κ2) is 7.52. The van der Waals surface area contributed by atoms with Crippen LogP contribution in [0.5, 0.6) is 0 Å². The summed E-state index contributed by atoms with van der Waals surface area (Å²) in [7, 11) is -2.22. The fourth-order valence-corrected chi connectivity index (χ4v) is 6.57. The number of carbonyl (C=O) groups is 1. The Balaban J connectivity index is 1.76. The van der Waals surface area contributed by atoms with Crippen molar-refractivity contribution in [2.45, 2.75) is 24.8 Å². The number of benzene rings is 1. The molecule has 1 amide bonds. The zero-order valence-corrected chi connectivity index (χ0v) is 17.9. The number of aromatic nitrogens is 1. The van der Waals surface area contributed by atoms with Crippen LogP contribution in [0.4, 0.5) is 0 Å². The van der Waals surface area contributed by atoms with Crippen molar-refractivity contribution < 1.29 is 22.5 Å². The van der Waals surface area contributed by atoms with Crippen LogP contribution in [0.25, 0.3) is 10.1 Å². The molecule has 0 spiro atoms. The van der Waals surface area contributed by atoms with Crippen molar-refractivity contribution in [2.24, 2.45) is 0 Å². The SMILES string of the molecule is CNC(=O)c1sc2ccccc2c1[C@H]1CN(S(=O)(=O)c2c(C)noc2C)CCO1. The fraction of sp³-hybridized carbons (Fsp3) is 0.368. The lowest BCUT2D eigenvalue weighted by Crippen LogP contribution is -2.42. The third-order valence-corrected chi connectivity index (χ3v) is 8.28. The number of thiophene rings is 1. The average Bonchev–Trinajstić information content (AvgIpc) is 3.27. The predicted molar refractivity (Wildman–Crippen MR) is 109 cm³/mol. The molecule has 1 N–H and O–H groups in total. The van der Waals surface area contributed by atoms with Crippen molar-refractivity contribution in [3.63, 3.8) is 0 Å². The predicted octanol–water partition coefficient (Wildman–Crippen LogP) is 2.63. The molecule has 0 aliphatic carbocycles. The minimum atomic E-state index is -3.80. The van der Waals surface area contributed by atoms with Gasteiger partial charge in [0.15, 0.2) is 5.76 Å². The molecule has 1 aliphatic rings. The summed E-state index contributed by atoms with van der Waals surface area (Å²) in [6, 6.07) is 7.68. The molecule has 10 heteroatoms. The van der Waals surface area contributed by atoms with Crippen molar-refractivity contribution in [1.29, 1.82) is 0 Å². The van der Waals surface area contributed by atoms with Crippen molar-refractivity contribution in [1.82, 2.24) is 14.8 Å². The number of ether oxygens (including phenoxy) is 1. The van der Waals surface area contributed by atoms with E-state index in [-0.39, 0.29) is 36.3 Å². The Morgan fingerprint density at radius 2 is 2.07 bits per heavy atom. The van der Waals surface area contributed by atoms with Crippen molar-refractivity contribution in [3.05, 3.63) is 46.2 Å². The van der Waals surface area contributed by atoms with Crippen LogP contribution in [0.3, 0.4) is 0 Å². The monoisotopic (exact) mass is 435 g/mol. The number of carbonyl (C=O) groups excluding carboxylic acids is 1. The molecule has 1 saturated heterocycles. The van der Waals surface area contributed by atoms with Gasteiger partial charge in [-0.1, -0.05) is 23.4 Å². The highest BCUT2D eigenvalue weighted by atomic mass is 32.2. The van der Waals surface area contributed by atoms with Crippen molar-refractivity contribution in [2.75, 3.05) is 26.7 Å². The van der Waals surface area contributed by atoms with E-state index in [1.165, 1.54) is 15.6 Å². The first-order valence-corrected chi connectivity index (χ1v) is 11.4. The molecule has 0 unspecified atom stereocenters. The highest BCUT2D eigenvalue weighted by Gasteiger charge is 2.37. The van der Waals surface area contributed by atoms with Crippen molar-refractivity contribution >= 4 is 37.4 Å². The van der Waals surface area contributed by atoms with Crippen LogP contribution in [-0.2, 0) is 14.8 Å². The van der Waals surface area contributed by atoms with Crippen LogP contribution in [0.1, 0.15) is 32.8 Å². The average molecular weight is 436 g/mol. The van der Waals surface area contributed by atoms with Gasteiger partial charge in [0.25, 0.3) is 5.91 Å². The first-order chi connectivity index (χ1) is 13.8. The van der Waals surface area contributed by atoms with E-state index >= 15 is 0 Å². The number of fused-ring (bicyclic) bond motifs is 1. The van der Waals surface area contributed by atoms with E-state index in [2.05, 4.69) is 10.5 Å². The summed E-state index contributed by atoms with van der Waals surface area (Å²) < 4.78 is 39.8. The molecule has 154 valence electrons. The molecule has 4 rings (SSSR count). The lowest BCUT2D eigenvalue weighted by molar-refractivity contribution is -0.00194. The molecule has 1 atom stereocenters. The Hall–Kier alpha value is -2.27. The normalized spacial score (nSPS) is 18.2. The topological polar surface area (TPSA) is 102 Å². The van der Waals surface area contributed by atoms with Crippen LogP contribution < -0.4 is 5.32 Å². The molecule has 1 fully saturated rings. The summed E-state index contributed by atoms with van der Waals surface area (Å²) >= 11 is 1.38. The molecule has 1 aliphatic heterocycles. The first-order valence-electron chi connectivity index (χ1n) is 9.12. The van der Waals surface area contributed by atoms with Crippen LogP contribution in [0.2, 0.25) is 0 Å². The zero-order valence-electron chi connectivity index (χ0n) is 16.3. The van der Waals surface area contributed by atoms with Gasteiger partial charge in [-0.3, -0.25) is 4.79 Å². The van der Waals surface area contributed by atoms with Gasteiger partial charge in [0.1, 0.15) is 10.6 Å². The summed E-state index contributed by atoms with van der Waals surface area (Å²) in [6.45, 7) is 3.75. The number of rotatable bonds is 4. The summed E-state index contributed by atoms with van der Waals surface area (Å²) in [5.74, 6) is 0.0491. The Kier molecular flexibility index (Phi) is 5.19. The molecule has 29 heavy (non-hydrogen) atoms. The Labute approximate surface area is 172 Å². The number of morpholine rings is 1. The molecular formula is C19H21N3O5S2. The van der Waals surface area contributed by atoms with Gasteiger partial charge in [-0.2, -0.15) is 4.31 Å². The summed E-state index contributed by atoms with van der Waals surface area (Å²) in [5, 5.41) is 7.34. The summed E-state index contributed by atoms with van der Waals surface area (Å²) in [4.78, 5) is 13.1. The third-order valence-electron chi connectivity index (χ3n) is 4.98. The number of hydrogen-bond donors (Lipinski definition) is 1. The second-order valence-corrected chi connectivity index (χ2v) is 9.72. The van der Waals surface area contributed by atoms with Gasteiger partial charge in [0.05, 0.1) is 17.6 Å². The second-order valence-electron chi connectivity index (χ2n) is 6.80. The molecule has 1 aromatic carbocycles. The lowest BCUT2D eigenvalue weighted by Gasteiger charge is -2.32. The van der Waals surface area contributed by atoms with Gasteiger partial charge in [-0.25, -0.2) is 8.42 Å². The standard InChI is InChI=1S/C19H21N3O5S2/c1-11-18(12(2)27-21-11)29(24,25)22-8-9-26-14(10-22)16-13-6-4-5-7-15(13)28-17(16)19(23)20-3/h4-7,14H,8-10H2,1-3H3,(H,20,23)/t14-/m1/s1. The summed E-state index contributed by atoms with van der Waals surface area (Å²) in [6.07, 6.45) is -0.553. The van der Waals surface area contributed by atoms with Gasteiger partial charge < -0.3 is 14.6 Å². The quantitative estimate of drug-likeness (QED) is 0.676. The molecule has 2 aromatic heterocycles. The minimum Gasteiger partial charge on any atom is -0.371 e. The van der Waals surface area contributed by atoms with E-state index in [1.54, 1.807) is 20.9 Å². The van der Waals surface area contributed by atoms with E-state index in [1.807, 2.05) is 24.3 Å². The minimum absolute atomic E-state index is 0.0971. The molecule has 3 heterocycles. The number of aryl methyl sites for hydroxylation is 2. The highest BCUT2D eigenvalue weighted by Crippen LogP contribution is 2.39. The number of amides is 1. The van der Waals surface area contributed by atoms with E-state index in [9.17, 15) is 13.2 Å². The maximum absolute atomic E-state index is 13.2. The van der Waals surface area contributed by atoms with Gasteiger partial charge in [-0.15, -0.1) is 11.3 Å². The van der Waals surface area contributed by atoms with E-state index in [0.717, 1.165) is 15.6 Å². The molecule has 8 nitrogen and oxygen atoms in total. The maximum atomic E-state index is 13.2. The fourth-order valence-electron chi connectivity index (χ4n) is 3.66. The molecular weight excluding hydrogens is 414 g/mol. The first kappa shape index (κ1) is 20.0. The van der Waals surface area contributed by atoms with Crippen LogP contribution >= 0.6 is 11.3 Å². The largest absolute Gasteiger partial charge is 0.371 e. The van der Waals surface area contributed by atoms with Crippen LogP contribution in [-0.4, -0.2) is 50.5 Å². The van der Waals surface area contributed by atoms with Crippen LogP contribution in [0.15, 0.2) is 33.7 Å². The molecule has 3 aromatic rings. The van der Waals surface area contributed by atoms with Gasteiger partial charge in [-0.05, 0) is 25.3 Å². The summed E-state index contributed by atoms with van der Waals surface area (Å²) in [5.41, 5.74) is 1.06.